The lowest BCUT2D eigenvalue weighted by molar-refractivity contribution is -0.0335. The molecule has 2 N–H and O–H groups in total. The Morgan fingerprint density at radius 2 is 2.21 bits per heavy atom. The van der Waals surface area contributed by atoms with Crippen molar-refractivity contribution in [1.82, 2.24) is 9.88 Å². The molecule has 0 saturated heterocycles. The molecule has 1 aromatic heterocycles. The van der Waals surface area contributed by atoms with Crippen LogP contribution >= 0.6 is 11.3 Å². The van der Waals surface area contributed by atoms with Crippen molar-refractivity contribution in [2.24, 2.45) is 0 Å². The van der Waals surface area contributed by atoms with Crippen LogP contribution in [0.5, 0.6) is 0 Å². The van der Waals surface area contributed by atoms with Gasteiger partial charge in [-0.1, -0.05) is 26.8 Å². The highest BCUT2D eigenvalue weighted by Gasteiger charge is 2.47. The number of aromatic nitrogens is 1. The molecule has 0 spiro atoms. The molecule has 8 heteroatoms. The summed E-state index contributed by atoms with van der Waals surface area (Å²) in [5, 5.41) is 23.0. The first kappa shape index (κ1) is 19.1. The van der Waals surface area contributed by atoms with Crippen LogP contribution < -0.4 is 0 Å². The van der Waals surface area contributed by atoms with Crippen molar-refractivity contribution in [3.8, 4) is 0 Å². The normalized spacial score (nSPS) is 25.1. The largest absolute Gasteiger partial charge is 0.465 e. The Kier molecular flexibility index (Phi) is 5.24. The Balaban J connectivity index is 2.33. The maximum Gasteiger partial charge on any atom is 0.408 e. The van der Waals surface area contributed by atoms with E-state index in [1.54, 1.807) is 23.7 Å². The summed E-state index contributed by atoms with van der Waals surface area (Å²) in [5.41, 5.74) is -1.47. The Morgan fingerprint density at radius 1 is 1.54 bits per heavy atom. The van der Waals surface area contributed by atoms with Gasteiger partial charge in [0.1, 0.15) is 5.01 Å². The molecule has 2 rings (SSSR count). The van der Waals surface area contributed by atoms with Crippen LogP contribution in [0.4, 0.5) is 4.79 Å². The van der Waals surface area contributed by atoms with E-state index in [-0.39, 0.29) is 18.2 Å². The van der Waals surface area contributed by atoms with Gasteiger partial charge in [-0.3, -0.25) is 4.90 Å². The Bertz CT molecular complexity index is 612. The zero-order chi connectivity index (χ0) is 18.2. The Morgan fingerprint density at radius 3 is 2.71 bits per heavy atom. The summed E-state index contributed by atoms with van der Waals surface area (Å²) in [6.45, 7) is 11.0. The quantitative estimate of drug-likeness (QED) is 0.628. The molecule has 0 bridgehead atoms. The predicted octanol–water partition coefficient (Wildman–Crippen LogP) is 3.27. The summed E-state index contributed by atoms with van der Waals surface area (Å²) in [4.78, 5) is 17.1. The first-order valence-corrected chi connectivity index (χ1v) is 11.7. The van der Waals surface area contributed by atoms with Crippen LogP contribution in [0.15, 0.2) is 23.7 Å². The lowest BCUT2D eigenvalue weighted by atomic mass is 9.90. The van der Waals surface area contributed by atoms with Crippen molar-refractivity contribution in [1.29, 1.82) is 0 Å². The van der Waals surface area contributed by atoms with E-state index in [1.807, 2.05) is 0 Å². The number of thiazole rings is 1. The van der Waals surface area contributed by atoms with Crippen LogP contribution in [0.3, 0.4) is 0 Å². The van der Waals surface area contributed by atoms with Gasteiger partial charge in [-0.25, -0.2) is 9.78 Å². The molecule has 6 nitrogen and oxygen atoms in total. The van der Waals surface area contributed by atoms with Gasteiger partial charge in [0.2, 0.25) is 0 Å². The van der Waals surface area contributed by atoms with E-state index in [2.05, 4.69) is 38.8 Å². The van der Waals surface area contributed by atoms with Crippen molar-refractivity contribution in [2.45, 2.75) is 50.5 Å². The number of nitrogens with zero attached hydrogens (tertiary/aromatic N) is 2. The van der Waals surface area contributed by atoms with Crippen molar-refractivity contribution >= 4 is 25.7 Å². The monoisotopic (exact) mass is 370 g/mol. The highest BCUT2D eigenvalue weighted by molar-refractivity contribution is 7.09. The average molecular weight is 371 g/mol. The lowest BCUT2D eigenvalue weighted by Crippen LogP contribution is -2.58. The van der Waals surface area contributed by atoms with Crippen molar-refractivity contribution < 1.29 is 19.4 Å². The second kappa shape index (κ2) is 6.59. The molecule has 24 heavy (non-hydrogen) atoms. The summed E-state index contributed by atoms with van der Waals surface area (Å²) in [5.74, 6) is 0. The third-order valence-corrected chi connectivity index (χ3v) is 10.4. The van der Waals surface area contributed by atoms with Gasteiger partial charge in [0, 0.05) is 18.1 Å². The Labute approximate surface area is 147 Å². The van der Waals surface area contributed by atoms with Gasteiger partial charge in [0.25, 0.3) is 0 Å². The van der Waals surface area contributed by atoms with E-state index in [0.29, 0.717) is 5.01 Å². The van der Waals surface area contributed by atoms with Crippen molar-refractivity contribution in [2.75, 3.05) is 13.2 Å². The molecule has 1 aliphatic rings. The molecule has 0 aliphatic carbocycles. The predicted molar refractivity (Wildman–Crippen MR) is 96.8 cm³/mol. The minimum Gasteiger partial charge on any atom is -0.465 e. The van der Waals surface area contributed by atoms with E-state index in [0.717, 1.165) is 0 Å². The van der Waals surface area contributed by atoms with Crippen molar-refractivity contribution in [3.05, 3.63) is 28.7 Å². The van der Waals surface area contributed by atoms with Crippen LogP contribution in [-0.2, 0) is 10.0 Å². The molecule has 1 aromatic rings. The molecule has 0 radical (unpaired) electrons. The highest BCUT2D eigenvalue weighted by atomic mass is 32.1. The number of carbonyl (C=O) groups is 1. The standard InChI is InChI=1S/C16H26N2O4SSi/c1-15(2,3)24(4,5)22-11-12-16(21,13-17-8-10-23-13)7-6-9-18(12)14(19)20/h6-8,10,12,21H,9,11H2,1-5H3,(H,19,20)/t12-,16?/m1/s1. The average Bonchev–Trinajstić information content (AvgIpc) is 2.99. The maximum absolute atomic E-state index is 11.7. The summed E-state index contributed by atoms with van der Waals surface area (Å²) in [6.07, 6.45) is 3.85. The molecule has 0 aromatic carbocycles. The van der Waals surface area contributed by atoms with Crippen LogP contribution in [0.25, 0.3) is 0 Å². The molecule has 1 amide bonds. The fourth-order valence-corrected chi connectivity index (χ4v) is 4.16. The molecule has 1 unspecified atom stereocenters. The molecule has 134 valence electrons. The van der Waals surface area contributed by atoms with Crippen molar-refractivity contribution in [3.63, 3.8) is 0 Å². The van der Waals surface area contributed by atoms with Crippen LogP contribution in [-0.4, -0.2) is 53.7 Å². The van der Waals surface area contributed by atoms with Gasteiger partial charge in [-0.15, -0.1) is 11.3 Å². The van der Waals surface area contributed by atoms with E-state index < -0.39 is 26.1 Å². The smallest absolute Gasteiger partial charge is 0.408 e. The van der Waals surface area contributed by atoms with E-state index in [9.17, 15) is 15.0 Å². The first-order valence-electron chi connectivity index (χ1n) is 7.92. The Hall–Kier alpha value is -1.22. The highest BCUT2D eigenvalue weighted by Crippen LogP contribution is 2.39. The van der Waals surface area contributed by atoms with Crippen LogP contribution in [0.1, 0.15) is 25.8 Å². The van der Waals surface area contributed by atoms with Gasteiger partial charge in [0.15, 0.2) is 13.9 Å². The van der Waals surface area contributed by atoms with Gasteiger partial charge < -0.3 is 14.6 Å². The fraction of sp³-hybridized carbons (Fsp3) is 0.625. The zero-order valence-corrected chi connectivity index (χ0v) is 16.6. The van der Waals surface area contributed by atoms with Gasteiger partial charge in [0.05, 0.1) is 12.6 Å². The number of aliphatic hydroxyl groups is 1. The summed E-state index contributed by atoms with van der Waals surface area (Å²) < 4.78 is 6.22. The maximum atomic E-state index is 11.7. The summed E-state index contributed by atoms with van der Waals surface area (Å²) in [7, 11) is -2.07. The fourth-order valence-electron chi connectivity index (χ4n) is 2.39. The molecule has 1 aliphatic heterocycles. The van der Waals surface area contributed by atoms with E-state index >= 15 is 0 Å². The number of carboxylic acid groups (broad SMARTS) is 1. The SMILES string of the molecule is CC(C)(C)[Si](C)(C)OC[C@H]1N(C(=O)O)CC=CC1(O)c1nccs1. The molecule has 2 atom stereocenters. The lowest BCUT2D eigenvalue weighted by Gasteiger charge is -2.44. The first-order chi connectivity index (χ1) is 11.0. The van der Waals surface area contributed by atoms with E-state index in [1.165, 1.54) is 16.2 Å². The molecular formula is C16H26N2O4SSi. The number of hydrogen-bond acceptors (Lipinski definition) is 5. The topological polar surface area (TPSA) is 82.9 Å². The summed E-state index contributed by atoms with van der Waals surface area (Å²) in [6, 6.07) is -0.722. The minimum absolute atomic E-state index is 0.00482. The van der Waals surface area contributed by atoms with Gasteiger partial charge in [-0.2, -0.15) is 0 Å². The molecule has 0 saturated carbocycles. The van der Waals surface area contributed by atoms with Crippen LogP contribution in [0.2, 0.25) is 18.1 Å². The number of rotatable bonds is 4. The molecule has 0 fully saturated rings. The third kappa shape index (κ3) is 3.56. The van der Waals surface area contributed by atoms with E-state index in [4.69, 9.17) is 4.43 Å². The molecular weight excluding hydrogens is 344 g/mol. The second-order valence-electron chi connectivity index (χ2n) is 7.59. The zero-order valence-electron chi connectivity index (χ0n) is 14.8. The second-order valence-corrected chi connectivity index (χ2v) is 13.3. The molecule has 2 heterocycles. The third-order valence-electron chi connectivity index (χ3n) is 4.99. The van der Waals surface area contributed by atoms with Crippen LogP contribution in [0, 0.1) is 0 Å². The summed E-state index contributed by atoms with van der Waals surface area (Å²) >= 11 is 1.31. The number of hydrogen-bond donors (Lipinski definition) is 2. The minimum atomic E-state index is -2.07. The van der Waals surface area contributed by atoms with Gasteiger partial charge in [-0.05, 0) is 24.2 Å². The van der Waals surface area contributed by atoms with Gasteiger partial charge >= 0.3 is 6.09 Å². The number of amides is 1.